The average molecular weight is 643 g/mol. The molecule has 0 aliphatic rings. The summed E-state index contributed by atoms with van der Waals surface area (Å²) in [6.07, 6.45) is 1.62. The minimum Gasteiger partial charge on any atom is -0.325 e. The zero-order valence-corrected chi connectivity index (χ0v) is 26.0. The lowest BCUT2D eigenvalue weighted by Gasteiger charge is -2.14. The maximum Gasteiger partial charge on any atom is 0.272 e. The van der Waals surface area contributed by atoms with Crippen LogP contribution in [0.25, 0.3) is 6.08 Å². The van der Waals surface area contributed by atoms with Gasteiger partial charge in [0, 0.05) is 26.3 Å². The van der Waals surface area contributed by atoms with Crippen molar-refractivity contribution in [2.45, 2.75) is 36.8 Å². The van der Waals surface area contributed by atoms with E-state index in [9.17, 15) is 14.4 Å². The molecular formula is C34H32BrN3O3S. The lowest BCUT2D eigenvalue weighted by atomic mass is 10.0. The number of hydrogen-bond donors (Lipinski definition) is 3. The monoisotopic (exact) mass is 641 g/mol. The molecule has 1 unspecified atom stereocenters. The van der Waals surface area contributed by atoms with Crippen molar-refractivity contribution >= 4 is 62.9 Å². The number of halogens is 1. The quantitative estimate of drug-likeness (QED) is 0.121. The fourth-order valence-corrected chi connectivity index (χ4v) is 5.35. The smallest absolute Gasteiger partial charge is 0.272 e. The molecule has 0 radical (unpaired) electrons. The number of amides is 3. The fourth-order valence-electron chi connectivity index (χ4n) is 4.00. The van der Waals surface area contributed by atoms with Crippen molar-refractivity contribution in [2.24, 2.45) is 0 Å². The third-order valence-corrected chi connectivity index (χ3v) is 7.89. The molecule has 0 aromatic heterocycles. The van der Waals surface area contributed by atoms with E-state index in [1.54, 1.807) is 42.5 Å². The van der Waals surface area contributed by atoms with Crippen LogP contribution in [0.3, 0.4) is 0 Å². The Morgan fingerprint density at radius 2 is 1.48 bits per heavy atom. The molecule has 4 aromatic carbocycles. The molecule has 6 nitrogen and oxygen atoms in total. The largest absolute Gasteiger partial charge is 0.325 e. The summed E-state index contributed by atoms with van der Waals surface area (Å²) >= 11 is 4.83. The van der Waals surface area contributed by atoms with Crippen LogP contribution in [0.5, 0.6) is 0 Å². The van der Waals surface area contributed by atoms with Crippen LogP contribution in [0.4, 0.5) is 11.4 Å². The summed E-state index contributed by atoms with van der Waals surface area (Å²) in [6.45, 7) is 6.10. The number of hydrogen-bond acceptors (Lipinski definition) is 4. The number of carbonyl (C=O) groups excluding carboxylic acids is 3. The van der Waals surface area contributed by atoms with Gasteiger partial charge in [0.15, 0.2) is 0 Å². The highest BCUT2D eigenvalue weighted by atomic mass is 79.9. The molecule has 4 rings (SSSR count). The molecule has 42 heavy (non-hydrogen) atoms. The van der Waals surface area contributed by atoms with Gasteiger partial charge < -0.3 is 16.0 Å². The van der Waals surface area contributed by atoms with E-state index < -0.39 is 11.8 Å². The predicted octanol–water partition coefficient (Wildman–Crippen LogP) is 8.10. The van der Waals surface area contributed by atoms with Gasteiger partial charge >= 0.3 is 0 Å². The van der Waals surface area contributed by atoms with Crippen LogP contribution >= 0.6 is 27.7 Å². The van der Waals surface area contributed by atoms with Gasteiger partial charge in [-0.1, -0.05) is 78.3 Å². The Balaban J connectivity index is 1.45. The van der Waals surface area contributed by atoms with E-state index in [0.29, 0.717) is 17.2 Å². The number of rotatable bonds is 10. The fraction of sp³-hybridized carbons (Fsp3) is 0.147. The highest BCUT2D eigenvalue weighted by molar-refractivity contribution is 9.10. The minimum atomic E-state index is -0.475. The Labute approximate surface area is 259 Å². The lowest BCUT2D eigenvalue weighted by Crippen LogP contribution is -2.30. The van der Waals surface area contributed by atoms with Crippen molar-refractivity contribution in [3.63, 3.8) is 0 Å². The summed E-state index contributed by atoms with van der Waals surface area (Å²) in [5.41, 5.74) is 3.77. The molecule has 0 aliphatic heterocycles. The predicted molar refractivity (Wildman–Crippen MR) is 176 cm³/mol. The van der Waals surface area contributed by atoms with E-state index in [-0.39, 0.29) is 16.9 Å². The normalized spacial score (nSPS) is 12.0. The summed E-state index contributed by atoms with van der Waals surface area (Å²) in [5, 5.41) is 8.23. The molecule has 0 bridgehead atoms. The Morgan fingerprint density at radius 1 is 0.762 bits per heavy atom. The van der Waals surface area contributed by atoms with Gasteiger partial charge in [-0.3, -0.25) is 14.4 Å². The molecule has 0 fully saturated rings. The Kier molecular flexibility index (Phi) is 10.8. The van der Waals surface area contributed by atoms with E-state index in [2.05, 4.69) is 45.7 Å². The first-order valence-electron chi connectivity index (χ1n) is 13.5. The number of thioether (sulfide) groups is 1. The van der Waals surface area contributed by atoms with E-state index in [1.165, 1.54) is 17.3 Å². The van der Waals surface area contributed by atoms with E-state index >= 15 is 0 Å². The first kappa shape index (κ1) is 30.8. The Hall–Kier alpha value is -4.14. The third-order valence-electron chi connectivity index (χ3n) is 6.31. The van der Waals surface area contributed by atoms with Crippen molar-refractivity contribution in [3.8, 4) is 0 Å². The van der Waals surface area contributed by atoms with Crippen molar-refractivity contribution in [2.75, 3.05) is 10.6 Å². The molecule has 0 saturated carbocycles. The summed E-state index contributed by atoms with van der Waals surface area (Å²) < 4.78 is 0.848. The topological polar surface area (TPSA) is 87.3 Å². The second-order valence-corrected chi connectivity index (χ2v) is 12.3. The number of benzene rings is 4. The number of carbonyl (C=O) groups is 3. The van der Waals surface area contributed by atoms with Crippen LogP contribution in [0.15, 0.2) is 118 Å². The highest BCUT2D eigenvalue weighted by Gasteiger charge is 2.17. The van der Waals surface area contributed by atoms with Gasteiger partial charge in [0.25, 0.3) is 11.8 Å². The van der Waals surface area contributed by atoms with E-state index in [4.69, 9.17) is 0 Å². The van der Waals surface area contributed by atoms with Crippen molar-refractivity contribution < 1.29 is 14.4 Å². The number of nitrogens with one attached hydrogen (secondary N) is 3. The van der Waals surface area contributed by atoms with E-state index in [0.717, 1.165) is 20.6 Å². The molecule has 3 amide bonds. The Bertz CT molecular complexity index is 1590. The van der Waals surface area contributed by atoms with Gasteiger partial charge in [0.1, 0.15) is 5.70 Å². The van der Waals surface area contributed by atoms with Crippen molar-refractivity contribution in [1.29, 1.82) is 0 Å². The van der Waals surface area contributed by atoms with Crippen LogP contribution in [0.2, 0.25) is 0 Å². The molecule has 3 N–H and O–H groups in total. The summed E-state index contributed by atoms with van der Waals surface area (Å²) in [7, 11) is 0. The number of anilines is 2. The molecule has 1 atom stereocenters. The molecule has 0 heterocycles. The maximum atomic E-state index is 13.4. The van der Waals surface area contributed by atoms with Gasteiger partial charge in [-0.05, 0) is 84.6 Å². The van der Waals surface area contributed by atoms with Crippen LogP contribution in [-0.4, -0.2) is 23.0 Å². The molecule has 4 aromatic rings. The second-order valence-electron chi connectivity index (χ2n) is 9.94. The molecule has 8 heteroatoms. The zero-order chi connectivity index (χ0) is 30.1. The van der Waals surface area contributed by atoms with Gasteiger partial charge in [-0.2, -0.15) is 0 Å². The molecule has 0 saturated heterocycles. The van der Waals surface area contributed by atoms with Crippen molar-refractivity contribution in [3.05, 3.63) is 130 Å². The first-order chi connectivity index (χ1) is 20.2. The SMILES string of the molecule is CC(Sc1cccc(NC(=O)/C(=C\c2cccc(Br)c2)NC(=O)c2ccccc2)c1)C(=O)Nc1ccc(C(C)C)cc1. The molecule has 0 spiro atoms. The highest BCUT2D eigenvalue weighted by Crippen LogP contribution is 2.27. The lowest BCUT2D eigenvalue weighted by molar-refractivity contribution is -0.115. The van der Waals surface area contributed by atoms with Crippen LogP contribution in [0.1, 0.15) is 48.2 Å². The van der Waals surface area contributed by atoms with Gasteiger partial charge in [0.05, 0.1) is 5.25 Å². The molecule has 214 valence electrons. The summed E-state index contributed by atoms with van der Waals surface area (Å²) in [6, 6.07) is 31.3. The van der Waals surface area contributed by atoms with Gasteiger partial charge in [0.2, 0.25) is 5.91 Å². The van der Waals surface area contributed by atoms with Crippen molar-refractivity contribution in [1.82, 2.24) is 5.32 Å². The second kappa shape index (κ2) is 14.7. The van der Waals surface area contributed by atoms with Gasteiger partial charge in [-0.15, -0.1) is 11.8 Å². The Morgan fingerprint density at radius 3 is 2.17 bits per heavy atom. The standard InChI is InChI=1S/C34H32BrN3O3S/c1-22(2)25-15-17-28(18-16-25)36-32(39)23(3)42-30-14-8-13-29(21-30)37-34(41)31(20-24-9-7-12-27(35)19-24)38-33(40)26-10-5-4-6-11-26/h4-23H,1-3H3,(H,36,39)(H,37,41)(H,38,40)/b31-20+. The minimum absolute atomic E-state index is 0.0937. The molecular weight excluding hydrogens is 610 g/mol. The third kappa shape index (κ3) is 8.93. The zero-order valence-electron chi connectivity index (χ0n) is 23.6. The van der Waals surface area contributed by atoms with Gasteiger partial charge in [-0.25, -0.2) is 0 Å². The molecule has 0 aliphatic carbocycles. The first-order valence-corrected chi connectivity index (χ1v) is 15.2. The van der Waals surface area contributed by atoms with E-state index in [1.807, 2.05) is 73.7 Å². The summed E-state index contributed by atoms with van der Waals surface area (Å²) in [4.78, 5) is 40.0. The van der Waals surface area contributed by atoms with Crippen LogP contribution in [0, 0.1) is 0 Å². The van der Waals surface area contributed by atoms with Crippen LogP contribution in [-0.2, 0) is 9.59 Å². The average Bonchev–Trinajstić information content (AvgIpc) is 2.97. The summed E-state index contributed by atoms with van der Waals surface area (Å²) in [5.74, 6) is -0.564. The maximum absolute atomic E-state index is 13.4. The van der Waals surface area contributed by atoms with Crippen LogP contribution < -0.4 is 16.0 Å².